The molecule has 0 radical (unpaired) electrons. The molecule has 1 aliphatic heterocycles. The third kappa shape index (κ3) is 2.18. The van der Waals surface area contributed by atoms with Crippen LogP contribution in [0.5, 0.6) is 0 Å². The van der Waals surface area contributed by atoms with Crippen LogP contribution >= 0.6 is 11.3 Å². The number of carboxylic acid groups (broad SMARTS) is 1. The molecule has 82 valence electrons. The van der Waals surface area contributed by atoms with Crippen LogP contribution < -0.4 is 0 Å². The molecule has 4 nitrogen and oxygen atoms in total. The van der Waals surface area contributed by atoms with Crippen molar-refractivity contribution in [2.75, 3.05) is 13.1 Å². The van der Waals surface area contributed by atoms with E-state index < -0.39 is 5.97 Å². The Morgan fingerprint density at radius 3 is 2.80 bits per heavy atom. The predicted molar refractivity (Wildman–Crippen MR) is 58.3 cm³/mol. The molecule has 1 unspecified atom stereocenters. The van der Waals surface area contributed by atoms with E-state index in [2.05, 4.69) is 16.8 Å². The molecule has 1 aromatic heterocycles. The van der Waals surface area contributed by atoms with Gasteiger partial charge in [0.15, 0.2) is 5.69 Å². The highest BCUT2D eigenvalue weighted by Gasteiger charge is 2.22. The van der Waals surface area contributed by atoms with Crippen LogP contribution in [0.15, 0.2) is 5.38 Å². The Bertz CT molecular complexity index is 358. The van der Waals surface area contributed by atoms with Gasteiger partial charge >= 0.3 is 5.97 Å². The maximum absolute atomic E-state index is 10.7. The lowest BCUT2D eigenvalue weighted by molar-refractivity contribution is 0.0691. The van der Waals surface area contributed by atoms with E-state index in [0.29, 0.717) is 0 Å². The van der Waals surface area contributed by atoms with Crippen LogP contribution in [0.3, 0.4) is 0 Å². The average Bonchev–Trinajstić information content (AvgIpc) is 2.88. The summed E-state index contributed by atoms with van der Waals surface area (Å²) < 4.78 is 0. The molecular weight excluding hydrogens is 212 g/mol. The molecule has 1 N–H and O–H groups in total. The molecule has 2 rings (SSSR count). The molecule has 0 saturated carbocycles. The average molecular weight is 226 g/mol. The molecule has 0 spiro atoms. The van der Waals surface area contributed by atoms with E-state index in [-0.39, 0.29) is 11.7 Å². The van der Waals surface area contributed by atoms with Crippen LogP contribution in [-0.2, 0) is 0 Å². The molecule has 0 aliphatic carbocycles. The highest BCUT2D eigenvalue weighted by Crippen LogP contribution is 2.26. The van der Waals surface area contributed by atoms with Crippen molar-refractivity contribution in [2.45, 2.75) is 25.8 Å². The number of rotatable bonds is 3. The summed E-state index contributed by atoms with van der Waals surface area (Å²) in [6.07, 6.45) is 2.48. The second-order valence-electron chi connectivity index (χ2n) is 3.80. The first-order valence-electron chi connectivity index (χ1n) is 5.11. The van der Waals surface area contributed by atoms with Crippen molar-refractivity contribution in [2.24, 2.45) is 0 Å². The van der Waals surface area contributed by atoms with E-state index in [1.54, 1.807) is 5.38 Å². The van der Waals surface area contributed by atoms with Gasteiger partial charge in [-0.3, -0.25) is 4.90 Å². The second-order valence-corrected chi connectivity index (χ2v) is 4.68. The fraction of sp³-hybridized carbons (Fsp3) is 0.600. The minimum atomic E-state index is -0.939. The van der Waals surface area contributed by atoms with E-state index in [9.17, 15) is 4.79 Å². The van der Waals surface area contributed by atoms with Crippen LogP contribution in [0.4, 0.5) is 0 Å². The third-order valence-electron chi connectivity index (χ3n) is 2.79. The maximum Gasteiger partial charge on any atom is 0.355 e. The number of likely N-dealkylation sites (tertiary alicyclic amines) is 1. The standard InChI is InChI=1S/C10H14N2O2S/c1-7(12-4-2-3-5-12)9-11-8(6-15-9)10(13)14/h6-7H,2-5H2,1H3,(H,13,14). The highest BCUT2D eigenvalue weighted by atomic mass is 32.1. The van der Waals surface area contributed by atoms with Crippen LogP contribution in [0.1, 0.15) is 41.3 Å². The summed E-state index contributed by atoms with van der Waals surface area (Å²) in [5, 5.41) is 11.3. The molecule has 0 amide bonds. The number of hydrogen-bond donors (Lipinski definition) is 1. The van der Waals surface area contributed by atoms with Crippen molar-refractivity contribution in [1.29, 1.82) is 0 Å². The Balaban J connectivity index is 2.10. The third-order valence-corrected chi connectivity index (χ3v) is 3.80. The van der Waals surface area contributed by atoms with Gasteiger partial charge in [-0.05, 0) is 32.9 Å². The first-order valence-corrected chi connectivity index (χ1v) is 5.99. The van der Waals surface area contributed by atoms with Gasteiger partial charge in [-0.25, -0.2) is 9.78 Å². The van der Waals surface area contributed by atoms with Gasteiger partial charge in [0.05, 0.1) is 6.04 Å². The summed E-state index contributed by atoms with van der Waals surface area (Å²) in [6, 6.07) is 0.255. The molecule has 1 atom stereocenters. The molecule has 15 heavy (non-hydrogen) atoms. The smallest absolute Gasteiger partial charge is 0.355 e. The van der Waals surface area contributed by atoms with Crippen LogP contribution in [0.25, 0.3) is 0 Å². The van der Waals surface area contributed by atoms with Crippen molar-refractivity contribution in [3.8, 4) is 0 Å². The first kappa shape index (κ1) is 10.6. The minimum absolute atomic E-state index is 0.168. The zero-order valence-corrected chi connectivity index (χ0v) is 9.46. The molecule has 1 aromatic rings. The molecule has 2 heterocycles. The summed E-state index contributed by atoms with van der Waals surface area (Å²) in [5.41, 5.74) is 0.168. The van der Waals surface area contributed by atoms with E-state index >= 15 is 0 Å². The Labute approximate surface area is 92.6 Å². The molecule has 1 saturated heterocycles. The fourth-order valence-corrected chi connectivity index (χ4v) is 2.75. The van der Waals surface area contributed by atoms with Crippen LogP contribution in [0, 0.1) is 0 Å². The van der Waals surface area contributed by atoms with E-state index in [1.165, 1.54) is 24.2 Å². The Kier molecular flexibility index (Phi) is 3.02. The zero-order valence-electron chi connectivity index (χ0n) is 8.64. The van der Waals surface area contributed by atoms with Gasteiger partial charge in [0.1, 0.15) is 5.01 Å². The van der Waals surface area contributed by atoms with Crippen molar-refractivity contribution < 1.29 is 9.90 Å². The summed E-state index contributed by atoms with van der Waals surface area (Å²) >= 11 is 1.44. The molecule has 0 aromatic carbocycles. The van der Waals surface area contributed by atoms with E-state index in [4.69, 9.17) is 5.11 Å². The SMILES string of the molecule is CC(c1nc(C(=O)O)cs1)N1CCCC1. The topological polar surface area (TPSA) is 53.4 Å². The number of aromatic carboxylic acids is 1. The number of carbonyl (C=O) groups is 1. The van der Waals surface area contributed by atoms with Gasteiger partial charge in [-0.2, -0.15) is 0 Å². The molecular formula is C10H14N2O2S. The van der Waals surface area contributed by atoms with Gasteiger partial charge in [0, 0.05) is 5.38 Å². The zero-order chi connectivity index (χ0) is 10.8. The van der Waals surface area contributed by atoms with Crippen molar-refractivity contribution in [1.82, 2.24) is 9.88 Å². The van der Waals surface area contributed by atoms with Crippen molar-refractivity contribution >= 4 is 17.3 Å². The number of carboxylic acids is 1. The number of hydrogen-bond acceptors (Lipinski definition) is 4. The summed E-state index contributed by atoms with van der Waals surface area (Å²) in [6.45, 7) is 4.29. The number of thiazole rings is 1. The molecule has 1 fully saturated rings. The van der Waals surface area contributed by atoms with Gasteiger partial charge in [0.25, 0.3) is 0 Å². The van der Waals surface area contributed by atoms with Gasteiger partial charge in [-0.15, -0.1) is 11.3 Å². The van der Waals surface area contributed by atoms with Crippen molar-refractivity contribution in [3.63, 3.8) is 0 Å². The Morgan fingerprint density at radius 2 is 2.27 bits per heavy atom. The number of nitrogens with zero attached hydrogens (tertiary/aromatic N) is 2. The molecule has 5 heteroatoms. The lowest BCUT2D eigenvalue weighted by Gasteiger charge is -2.21. The maximum atomic E-state index is 10.7. The van der Waals surface area contributed by atoms with Gasteiger partial charge in [-0.1, -0.05) is 0 Å². The minimum Gasteiger partial charge on any atom is -0.476 e. The lowest BCUT2D eigenvalue weighted by atomic mass is 10.3. The summed E-state index contributed by atoms with van der Waals surface area (Å²) in [5.74, 6) is -0.939. The molecule has 1 aliphatic rings. The Morgan fingerprint density at radius 1 is 1.60 bits per heavy atom. The van der Waals surface area contributed by atoms with Crippen LogP contribution in [0.2, 0.25) is 0 Å². The number of aromatic nitrogens is 1. The largest absolute Gasteiger partial charge is 0.476 e. The second kappa shape index (κ2) is 4.28. The monoisotopic (exact) mass is 226 g/mol. The Hall–Kier alpha value is -0.940. The van der Waals surface area contributed by atoms with E-state index in [0.717, 1.165) is 18.1 Å². The highest BCUT2D eigenvalue weighted by molar-refractivity contribution is 7.09. The normalized spacial score (nSPS) is 19.3. The lowest BCUT2D eigenvalue weighted by Crippen LogP contribution is -2.23. The van der Waals surface area contributed by atoms with Gasteiger partial charge < -0.3 is 5.11 Å². The van der Waals surface area contributed by atoms with Crippen LogP contribution in [-0.4, -0.2) is 34.0 Å². The quantitative estimate of drug-likeness (QED) is 0.856. The van der Waals surface area contributed by atoms with Crippen molar-refractivity contribution in [3.05, 3.63) is 16.1 Å². The predicted octanol–water partition coefficient (Wildman–Crippen LogP) is 2.00. The molecule has 0 bridgehead atoms. The fourth-order valence-electron chi connectivity index (χ4n) is 1.86. The van der Waals surface area contributed by atoms with Gasteiger partial charge in [0.2, 0.25) is 0 Å². The first-order chi connectivity index (χ1) is 7.18. The van der Waals surface area contributed by atoms with E-state index in [1.807, 2.05) is 0 Å². The summed E-state index contributed by atoms with van der Waals surface area (Å²) in [7, 11) is 0. The summed E-state index contributed by atoms with van der Waals surface area (Å²) in [4.78, 5) is 17.2.